The third-order valence-electron chi connectivity index (χ3n) is 3.94. The molecule has 3 rings (SSSR count). The van der Waals surface area contributed by atoms with Gasteiger partial charge in [0.25, 0.3) is 0 Å². The Morgan fingerprint density at radius 3 is 2.52 bits per heavy atom. The maximum absolute atomic E-state index is 13.0. The van der Waals surface area contributed by atoms with Crippen molar-refractivity contribution in [1.29, 1.82) is 0 Å². The zero-order chi connectivity index (χ0) is 14.1. The zero-order valence-electron chi connectivity index (χ0n) is 11.9. The van der Waals surface area contributed by atoms with Crippen molar-refractivity contribution in [2.75, 3.05) is 26.2 Å². The molecular weight excluding hydrogens is 295 g/mol. The van der Waals surface area contributed by atoms with Crippen molar-refractivity contribution in [2.45, 2.75) is 19.1 Å². The van der Waals surface area contributed by atoms with Gasteiger partial charge in [0.15, 0.2) is 0 Å². The molecule has 0 aliphatic carbocycles. The van der Waals surface area contributed by atoms with E-state index < -0.39 is 0 Å². The molecule has 0 bridgehead atoms. The third-order valence-corrected chi connectivity index (χ3v) is 3.94. The molecule has 2 heterocycles. The topological polar surface area (TPSA) is 41.6 Å². The van der Waals surface area contributed by atoms with Crippen LogP contribution in [-0.4, -0.2) is 43.1 Å². The monoisotopic (exact) mass is 314 g/mol. The molecule has 1 aromatic carbocycles. The van der Waals surface area contributed by atoms with Gasteiger partial charge in [-0.3, -0.25) is 4.79 Å². The molecule has 2 fully saturated rings. The summed E-state index contributed by atoms with van der Waals surface area (Å²) in [6, 6.07) is 6.32. The average molecular weight is 315 g/mol. The van der Waals surface area contributed by atoms with Crippen LogP contribution >= 0.6 is 12.4 Å². The molecule has 6 heteroatoms. The molecule has 2 saturated heterocycles. The number of benzene rings is 1. The van der Waals surface area contributed by atoms with Gasteiger partial charge in [-0.1, -0.05) is 12.1 Å². The Balaban J connectivity index is 0.00000161. The highest BCUT2D eigenvalue weighted by Crippen LogP contribution is 2.26. The van der Waals surface area contributed by atoms with Crippen molar-refractivity contribution < 1.29 is 13.9 Å². The maximum Gasteiger partial charge on any atom is 0.228 e. The second-order valence-corrected chi connectivity index (χ2v) is 5.59. The van der Waals surface area contributed by atoms with E-state index in [1.54, 1.807) is 12.1 Å². The Morgan fingerprint density at radius 1 is 1.29 bits per heavy atom. The minimum atomic E-state index is -0.258. The highest BCUT2D eigenvalue weighted by atomic mass is 35.5. The summed E-state index contributed by atoms with van der Waals surface area (Å²) in [5.41, 5.74) is 0.919. The highest BCUT2D eigenvalue weighted by molar-refractivity contribution is 5.85. The molecule has 116 valence electrons. The van der Waals surface area contributed by atoms with Gasteiger partial charge in [-0.05, 0) is 24.6 Å². The molecule has 0 aromatic heterocycles. The molecule has 0 saturated carbocycles. The number of rotatable bonds is 2. The summed E-state index contributed by atoms with van der Waals surface area (Å²) >= 11 is 0. The van der Waals surface area contributed by atoms with Gasteiger partial charge in [-0.2, -0.15) is 0 Å². The second kappa shape index (κ2) is 6.73. The predicted octanol–water partition coefficient (Wildman–Crippen LogP) is 1.76. The van der Waals surface area contributed by atoms with Crippen LogP contribution in [0.3, 0.4) is 0 Å². The fourth-order valence-electron chi connectivity index (χ4n) is 2.71. The number of nitrogens with zero attached hydrogens (tertiary/aromatic N) is 1. The molecule has 1 amide bonds. The smallest absolute Gasteiger partial charge is 0.228 e. The fraction of sp³-hybridized carbons (Fsp3) is 0.533. The van der Waals surface area contributed by atoms with Gasteiger partial charge in [0, 0.05) is 19.6 Å². The van der Waals surface area contributed by atoms with Crippen LogP contribution in [0.5, 0.6) is 0 Å². The first-order chi connectivity index (χ1) is 9.63. The van der Waals surface area contributed by atoms with Crippen LogP contribution in [0.2, 0.25) is 0 Å². The van der Waals surface area contributed by atoms with Crippen LogP contribution in [0.1, 0.15) is 18.6 Å². The number of amides is 1. The number of hydrogen-bond donors (Lipinski definition) is 1. The van der Waals surface area contributed by atoms with Crippen LogP contribution in [0, 0.1) is 11.7 Å². The lowest BCUT2D eigenvalue weighted by Crippen LogP contribution is -2.55. The Hall–Kier alpha value is -1.17. The largest absolute Gasteiger partial charge is 0.367 e. The quantitative estimate of drug-likeness (QED) is 0.904. The molecule has 4 nitrogen and oxygen atoms in total. The van der Waals surface area contributed by atoms with Crippen molar-refractivity contribution >= 4 is 18.3 Å². The van der Waals surface area contributed by atoms with Crippen LogP contribution in [-0.2, 0) is 9.53 Å². The van der Waals surface area contributed by atoms with Crippen LogP contribution in [0.15, 0.2) is 24.3 Å². The van der Waals surface area contributed by atoms with E-state index in [0.717, 1.165) is 18.7 Å². The predicted molar refractivity (Wildman–Crippen MR) is 79.9 cm³/mol. The van der Waals surface area contributed by atoms with Gasteiger partial charge in [0.2, 0.25) is 5.91 Å². The Kier molecular flexibility index (Phi) is 5.19. The average Bonchev–Trinajstić information content (AvgIpc) is 2.36. The van der Waals surface area contributed by atoms with Crippen molar-refractivity contribution in [3.8, 4) is 0 Å². The number of morpholine rings is 1. The molecular formula is C15H20ClFN2O2. The van der Waals surface area contributed by atoms with Gasteiger partial charge < -0.3 is 15.0 Å². The fourth-order valence-corrected chi connectivity index (χ4v) is 2.71. The molecule has 21 heavy (non-hydrogen) atoms. The minimum absolute atomic E-state index is 0. The van der Waals surface area contributed by atoms with Gasteiger partial charge in [-0.15, -0.1) is 12.4 Å². The Labute approximate surface area is 130 Å². The third kappa shape index (κ3) is 3.54. The molecule has 0 spiro atoms. The summed E-state index contributed by atoms with van der Waals surface area (Å²) in [5, 5.41) is 3.12. The number of halogens is 2. The summed E-state index contributed by atoms with van der Waals surface area (Å²) in [5.74, 6) is 0.0475. The van der Waals surface area contributed by atoms with Gasteiger partial charge in [0.1, 0.15) is 11.9 Å². The van der Waals surface area contributed by atoms with Gasteiger partial charge in [0.05, 0.1) is 18.6 Å². The van der Waals surface area contributed by atoms with E-state index >= 15 is 0 Å². The lowest BCUT2D eigenvalue weighted by molar-refractivity contribution is -0.150. The van der Waals surface area contributed by atoms with Gasteiger partial charge in [-0.25, -0.2) is 4.39 Å². The van der Waals surface area contributed by atoms with Crippen molar-refractivity contribution in [2.24, 2.45) is 5.92 Å². The molecule has 2 aliphatic rings. The highest BCUT2D eigenvalue weighted by Gasteiger charge is 2.34. The molecule has 2 aliphatic heterocycles. The normalized spacial score (nSPS) is 25.9. The van der Waals surface area contributed by atoms with Crippen LogP contribution < -0.4 is 5.32 Å². The zero-order valence-corrected chi connectivity index (χ0v) is 12.7. The molecule has 1 N–H and O–H groups in total. The van der Waals surface area contributed by atoms with Crippen LogP contribution in [0.4, 0.5) is 4.39 Å². The summed E-state index contributed by atoms with van der Waals surface area (Å²) in [6.45, 7) is 4.69. The summed E-state index contributed by atoms with van der Waals surface area (Å²) in [4.78, 5) is 14.2. The van der Waals surface area contributed by atoms with E-state index in [2.05, 4.69) is 5.32 Å². The number of hydrogen-bond acceptors (Lipinski definition) is 3. The Bertz CT molecular complexity index is 493. The van der Waals surface area contributed by atoms with E-state index in [1.165, 1.54) is 12.1 Å². The molecule has 2 unspecified atom stereocenters. The number of ether oxygens (including phenoxy) is 1. The standard InChI is InChI=1S/C15H19FN2O2.ClH/c1-10-8-18(15(19)12-6-17-7-12)9-14(20-10)11-2-4-13(16)5-3-11;/h2-5,10,12,14,17H,6-9H2,1H3;1H. The molecule has 1 aromatic rings. The lowest BCUT2D eigenvalue weighted by Gasteiger charge is -2.40. The van der Waals surface area contributed by atoms with Crippen molar-refractivity contribution in [3.63, 3.8) is 0 Å². The SMILES string of the molecule is CC1CN(C(=O)C2CNC2)CC(c2ccc(F)cc2)O1.Cl. The summed E-state index contributed by atoms with van der Waals surface area (Å²) in [7, 11) is 0. The first-order valence-corrected chi connectivity index (χ1v) is 7.04. The van der Waals surface area contributed by atoms with E-state index in [-0.39, 0.29) is 42.3 Å². The van der Waals surface area contributed by atoms with Crippen molar-refractivity contribution in [3.05, 3.63) is 35.6 Å². The van der Waals surface area contributed by atoms with E-state index in [1.807, 2.05) is 11.8 Å². The number of carbonyl (C=O) groups excluding carboxylic acids is 1. The minimum Gasteiger partial charge on any atom is -0.367 e. The van der Waals surface area contributed by atoms with E-state index in [4.69, 9.17) is 4.74 Å². The summed E-state index contributed by atoms with van der Waals surface area (Å²) < 4.78 is 18.9. The number of carbonyl (C=O) groups is 1. The first-order valence-electron chi connectivity index (χ1n) is 7.04. The Morgan fingerprint density at radius 2 is 1.95 bits per heavy atom. The van der Waals surface area contributed by atoms with E-state index in [0.29, 0.717) is 13.1 Å². The second-order valence-electron chi connectivity index (χ2n) is 5.59. The first kappa shape index (κ1) is 16.2. The van der Waals surface area contributed by atoms with E-state index in [9.17, 15) is 9.18 Å². The summed E-state index contributed by atoms with van der Waals surface area (Å²) in [6.07, 6.45) is -0.174. The van der Waals surface area contributed by atoms with Gasteiger partial charge >= 0.3 is 0 Å². The molecule has 0 radical (unpaired) electrons. The number of nitrogens with one attached hydrogen (secondary N) is 1. The lowest BCUT2D eigenvalue weighted by atomic mass is 9.99. The molecule has 2 atom stereocenters. The van der Waals surface area contributed by atoms with Crippen LogP contribution in [0.25, 0.3) is 0 Å². The van der Waals surface area contributed by atoms with Crippen molar-refractivity contribution in [1.82, 2.24) is 10.2 Å². The maximum atomic E-state index is 13.0.